The van der Waals surface area contributed by atoms with E-state index < -0.39 is 0 Å². The zero-order valence-electron chi connectivity index (χ0n) is 20.1. The predicted molar refractivity (Wildman–Crippen MR) is 146 cm³/mol. The molecule has 0 unspecified atom stereocenters. The summed E-state index contributed by atoms with van der Waals surface area (Å²) in [5.41, 5.74) is 7.05. The first-order chi connectivity index (χ1) is 17.6. The zero-order valence-corrected chi connectivity index (χ0v) is 20.9. The van der Waals surface area contributed by atoms with Gasteiger partial charge >= 0.3 is 0 Å². The lowest BCUT2D eigenvalue weighted by Crippen LogP contribution is -2.25. The van der Waals surface area contributed by atoms with Gasteiger partial charge in [-0.3, -0.25) is 0 Å². The maximum Gasteiger partial charge on any atom is 0.160 e. The molecule has 0 N–H and O–H groups in total. The normalized spacial score (nSPS) is 13.4. The van der Waals surface area contributed by atoms with Gasteiger partial charge in [0.1, 0.15) is 6.07 Å². The van der Waals surface area contributed by atoms with Gasteiger partial charge in [0, 0.05) is 31.9 Å². The molecule has 1 aliphatic heterocycles. The van der Waals surface area contributed by atoms with Gasteiger partial charge in [-0.05, 0) is 29.3 Å². The average molecular weight is 482 g/mol. The third-order valence-electron chi connectivity index (χ3n) is 6.79. The Kier molecular flexibility index (Phi) is 5.44. The van der Waals surface area contributed by atoms with Crippen LogP contribution in [0.4, 0.5) is 0 Å². The molecule has 3 nitrogen and oxygen atoms in total. The minimum absolute atomic E-state index is 0.310. The van der Waals surface area contributed by atoms with E-state index in [9.17, 15) is 5.26 Å². The molecule has 0 fully saturated rings. The van der Waals surface area contributed by atoms with E-state index in [1.165, 1.54) is 10.5 Å². The fraction of sp³-hybridized carbons (Fsp3) is 0.0938. The summed E-state index contributed by atoms with van der Waals surface area (Å²) in [4.78, 5) is 12.2. The number of rotatable bonds is 3. The first-order valence-corrected chi connectivity index (χ1v) is 12.7. The molecule has 5 aromatic rings. The van der Waals surface area contributed by atoms with Crippen molar-refractivity contribution in [2.75, 3.05) is 0 Å². The molecular formula is C32H23N3S. The molecule has 0 spiro atoms. The lowest BCUT2D eigenvalue weighted by atomic mass is 9.74. The highest BCUT2D eigenvalue weighted by molar-refractivity contribution is 7.99. The number of nitrogens with zero attached hydrogens (tertiary/aromatic N) is 3. The van der Waals surface area contributed by atoms with Crippen LogP contribution < -0.4 is 0 Å². The quantitative estimate of drug-likeness (QED) is 0.261. The summed E-state index contributed by atoms with van der Waals surface area (Å²) >= 11 is 1.73. The van der Waals surface area contributed by atoms with Crippen LogP contribution in [0, 0.1) is 11.3 Å². The molecule has 0 saturated heterocycles. The fourth-order valence-corrected chi connectivity index (χ4v) is 6.41. The summed E-state index contributed by atoms with van der Waals surface area (Å²) in [6, 6.07) is 37.3. The molecule has 4 heteroatoms. The molecular weight excluding hydrogens is 458 g/mol. The highest BCUT2D eigenvalue weighted by Crippen LogP contribution is 2.51. The van der Waals surface area contributed by atoms with E-state index in [0.29, 0.717) is 11.4 Å². The van der Waals surface area contributed by atoms with Crippen molar-refractivity contribution in [3.8, 4) is 40.0 Å². The molecule has 0 aliphatic carbocycles. The molecule has 0 bridgehead atoms. The van der Waals surface area contributed by atoms with Gasteiger partial charge in [-0.15, -0.1) is 0 Å². The Bertz CT molecular complexity index is 1580. The highest BCUT2D eigenvalue weighted by Gasteiger charge is 2.36. The summed E-state index contributed by atoms with van der Waals surface area (Å²) in [7, 11) is 0. The Morgan fingerprint density at radius 2 is 1.33 bits per heavy atom. The van der Waals surface area contributed by atoms with E-state index >= 15 is 0 Å². The Balaban J connectivity index is 1.59. The minimum Gasteiger partial charge on any atom is -0.228 e. The third kappa shape index (κ3) is 3.69. The lowest BCUT2D eigenvalue weighted by Gasteiger charge is -2.35. The summed E-state index contributed by atoms with van der Waals surface area (Å²) < 4.78 is 0. The molecule has 1 aliphatic rings. The van der Waals surface area contributed by atoms with E-state index in [2.05, 4.69) is 62.4 Å². The van der Waals surface area contributed by atoms with Crippen LogP contribution in [0.15, 0.2) is 113 Å². The van der Waals surface area contributed by atoms with Gasteiger partial charge < -0.3 is 0 Å². The standard InChI is InChI=1S/C32H23N3S/c1-32(2)25-15-9-10-16-28(25)36-29-18-17-23(24(20-33)30(29)32)27-19-26(21-11-5-3-6-12-21)34-31(35-27)22-13-7-4-8-14-22/h3-19H,1-2H3. The molecule has 0 saturated carbocycles. The van der Waals surface area contributed by atoms with Crippen LogP contribution in [0.3, 0.4) is 0 Å². The monoisotopic (exact) mass is 481 g/mol. The molecule has 36 heavy (non-hydrogen) atoms. The molecule has 0 atom stereocenters. The van der Waals surface area contributed by atoms with Gasteiger partial charge in [-0.1, -0.05) is 111 Å². The second kappa shape index (κ2) is 8.78. The van der Waals surface area contributed by atoms with Crippen LogP contribution in [0.25, 0.3) is 33.9 Å². The number of nitriles is 1. The molecule has 0 radical (unpaired) electrons. The number of hydrogen-bond acceptors (Lipinski definition) is 4. The van der Waals surface area contributed by atoms with Crippen molar-refractivity contribution in [1.29, 1.82) is 5.26 Å². The SMILES string of the molecule is CC1(C)c2ccccc2Sc2ccc(-c3cc(-c4ccccc4)nc(-c4ccccc4)n3)c(C#N)c21. The topological polar surface area (TPSA) is 49.6 Å². The zero-order chi connectivity index (χ0) is 24.7. The number of aromatic nitrogens is 2. The van der Waals surface area contributed by atoms with Crippen molar-refractivity contribution < 1.29 is 0 Å². The third-order valence-corrected chi connectivity index (χ3v) is 7.92. The Labute approximate surface area is 215 Å². The van der Waals surface area contributed by atoms with Gasteiger partial charge in [-0.25, -0.2) is 9.97 Å². The number of hydrogen-bond donors (Lipinski definition) is 0. The van der Waals surface area contributed by atoms with Crippen molar-refractivity contribution in [3.63, 3.8) is 0 Å². The number of fused-ring (bicyclic) bond motifs is 2. The molecule has 2 heterocycles. The number of benzene rings is 4. The maximum absolute atomic E-state index is 10.5. The summed E-state index contributed by atoms with van der Waals surface area (Å²) in [6.45, 7) is 4.42. The van der Waals surface area contributed by atoms with Crippen molar-refractivity contribution in [2.45, 2.75) is 29.1 Å². The van der Waals surface area contributed by atoms with E-state index in [1.807, 2.05) is 60.7 Å². The van der Waals surface area contributed by atoms with Gasteiger partial charge in [-0.2, -0.15) is 5.26 Å². The second-order valence-electron chi connectivity index (χ2n) is 9.39. The van der Waals surface area contributed by atoms with Crippen molar-refractivity contribution in [1.82, 2.24) is 9.97 Å². The summed E-state index contributed by atoms with van der Waals surface area (Å²) in [5.74, 6) is 0.646. The van der Waals surface area contributed by atoms with Crippen LogP contribution in [0.2, 0.25) is 0 Å². The van der Waals surface area contributed by atoms with E-state index in [4.69, 9.17) is 9.97 Å². The first kappa shape index (κ1) is 22.3. The van der Waals surface area contributed by atoms with Gasteiger partial charge in [0.05, 0.1) is 17.0 Å². The van der Waals surface area contributed by atoms with Crippen molar-refractivity contribution in [2.24, 2.45) is 0 Å². The van der Waals surface area contributed by atoms with Gasteiger partial charge in [0.2, 0.25) is 0 Å². The average Bonchev–Trinajstić information content (AvgIpc) is 2.93. The maximum atomic E-state index is 10.5. The van der Waals surface area contributed by atoms with Crippen LogP contribution in [0.5, 0.6) is 0 Å². The Morgan fingerprint density at radius 1 is 0.694 bits per heavy atom. The van der Waals surface area contributed by atoms with E-state index in [0.717, 1.165) is 38.5 Å². The second-order valence-corrected chi connectivity index (χ2v) is 10.5. The molecule has 4 aromatic carbocycles. The first-order valence-electron chi connectivity index (χ1n) is 11.9. The Morgan fingerprint density at radius 3 is 2.06 bits per heavy atom. The highest BCUT2D eigenvalue weighted by atomic mass is 32.2. The molecule has 172 valence electrons. The predicted octanol–water partition coefficient (Wildman–Crippen LogP) is 8.14. The lowest BCUT2D eigenvalue weighted by molar-refractivity contribution is 0.605. The smallest absolute Gasteiger partial charge is 0.160 e. The van der Waals surface area contributed by atoms with Crippen LogP contribution in [-0.2, 0) is 5.41 Å². The largest absolute Gasteiger partial charge is 0.228 e. The van der Waals surface area contributed by atoms with E-state index in [-0.39, 0.29) is 5.41 Å². The van der Waals surface area contributed by atoms with Crippen LogP contribution in [-0.4, -0.2) is 9.97 Å². The van der Waals surface area contributed by atoms with Crippen molar-refractivity contribution in [3.05, 3.63) is 120 Å². The van der Waals surface area contributed by atoms with E-state index in [1.54, 1.807) is 11.8 Å². The molecule has 0 amide bonds. The molecule has 6 rings (SSSR count). The van der Waals surface area contributed by atoms with Crippen LogP contribution in [0.1, 0.15) is 30.5 Å². The Hall–Kier alpha value is -4.20. The summed E-state index contributed by atoms with van der Waals surface area (Å²) in [5, 5.41) is 10.5. The van der Waals surface area contributed by atoms with Crippen LogP contribution >= 0.6 is 11.8 Å². The van der Waals surface area contributed by atoms with Gasteiger partial charge in [0.15, 0.2) is 5.82 Å². The fourth-order valence-electron chi connectivity index (χ4n) is 5.00. The van der Waals surface area contributed by atoms with Crippen molar-refractivity contribution >= 4 is 11.8 Å². The van der Waals surface area contributed by atoms with Gasteiger partial charge in [0.25, 0.3) is 0 Å². The summed E-state index contributed by atoms with van der Waals surface area (Å²) in [6.07, 6.45) is 0. The molecule has 1 aromatic heterocycles. The minimum atomic E-state index is -0.310.